The molecule has 0 bridgehead atoms. The lowest BCUT2D eigenvalue weighted by Crippen LogP contribution is -2.14. The second-order valence-corrected chi connectivity index (χ2v) is 4.85. The zero-order valence-electron chi connectivity index (χ0n) is 11.5. The summed E-state index contributed by atoms with van der Waals surface area (Å²) in [7, 11) is 0. The van der Waals surface area contributed by atoms with Crippen LogP contribution in [0.1, 0.15) is 24.1 Å². The summed E-state index contributed by atoms with van der Waals surface area (Å²) >= 11 is 0. The van der Waals surface area contributed by atoms with Gasteiger partial charge in [-0.05, 0) is 17.5 Å². The minimum absolute atomic E-state index is 0.146. The molecule has 0 fully saturated rings. The van der Waals surface area contributed by atoms with Crippen LogP contribution in [0.3, 0.4) is 0 Å². The number of pyridine rings is 1. The predicted molar refractivity (Wildman–Crippen MR) is 77.0 cm³/mol. The molecule has 0 saturated heterocycles. The van der Waals surface area contributed by atoms with Crippen molar-refractivity contribution in [3.63, 3.8) is 0 Å². The number of nitrogen functional groups attached to an aromatic ring is 1. The summed E-state index contributed by atoms with van der Waals surface area (Å²) in [5, 5.41) is 2.96. The Kier molecular flexibility index (Phi) is 4.35. The Hall–Kier alpha value is -2.24. The van der Waals surface area contributed by atoms with Crippen LogP contribution in [0.5, 0.6) is 0 Å². The number of nitrogens with zero attached hydrogens (tertiary/aromatic N) is 1. The van der Waals surface area contributed by atoms with Crippen molar-refractivity contribution in [3.05, 3.63) is 53.9 Å². The first-order valence-corrected chi connectivity index (χ1v) is 6.49. The Balaban J connectivity index is 2.09. The number of rotatable bonds is 4. The number of nitrogens with one attached hydrogen (secondary N) is 1. The molecule has 6 heteroatoms. The summed E-state index contributed by atoms with van der Waals surface area (Å²) in [4.78, 5) is 3.31. The van der Waals surface area contributed by atoms with Crippen LogP contribution in [-0.4, -0.2) is 11.5 Å². The van der Waals surface area contributed by atoms with E-state index in [4.69, 9.17) is 5.73 Å². The molecular weight excluding hydrogens is 279 g/mol. The van der Waals surface area contributed by atoms with E-state index in [0.717, 1.165) is 17.8 Å². The van der Waals surface area contributed by atoms with E-state index in [9.17, 15) is 13.2 Å². The van der Waals surface area contributed by atoms with Crippen molar-refractivity contribution >= 4 is 11.4 Å². The number of hydrogen-bond donors (Lipinski definition) is 2. The maximum Gasteiger partial charge on any atom is 0.433 e. The van der Waals surface area contributed by atoms with E-state index >= 15 is 0 Å². The van der Waals surface area contributed by atoms with Gasteiger partial charge in [0.05, 0.1) is 17.6 Å². The number of nitrogens with two attached hydrogens (primary N) is 1. The lowest BCUT2D eigenvalue weighted by Gasteiger charge is -2.16. The molecule has 1 aromatic carbocycles. The predicted octanol–water partition coefficient (Wildman–Crippen LogP) is 3.90. The quantitative estimate of drug-likeness (QED) is 0.899. The average molecular weight is 295 g/mol. The second kappa shape index (κ2) is 6.03. The molecule has 21 heavy (non-hydrogen) atoms. The van der Waals surface area contributed by atoms with Crippen LogP contribution in [0.4, 0.5) is 24.5 Å². The fourth-order valence-electron chi connectivity index (χ4n) is 1.94. The van der Waals surface area contributed by atoms with Gasteiger partial charge in [0.25, 0.3) is 0 Å². The first kappa shape index (κ1) is 15.2. The fraction of sp³-hybridized carbons (Fsp3) is 0.267. The van der Waals surface area contributed by atoms with Crippen molar-refractivity contribution in [2.45, 2.75) is 19.0 Å². The van der Waals surface area contributed by atoms with Gasteiger partial charge in [0.1, 0.15) is 5.69 Å². The highest BCUT2D eigenvalue weighted by Crippen LogP contribution is 2.31. The summed E-state index contributed by atoms with van der Waals surface area (Å²) in [6.45, 7) is 2.47. The Bertz CT molecular complexity index is 597. The highest BCUT2D eigenvalue weighted by atomic mass is 19.4. The van der Waals surface area contributed by atoms with Gasteiger partial charge in [-0.1, -0.05) is 37.3 Å². The molecule has 1 atom stereocenters. The SMILES string of the molecule is CC(CNc1cc(C(F)(F)F)ncc1N)c1ccccc1. The second-order valence-electron chi connectivity index (χ2n) is 4.85. The van der Waals surface area contributed by atoms with Gasteiger partial charge in [0, 0.05) is 6.54 Å². The lowest BCUT2D eigenvalue weighted by molar-refractivity contribution is -0.141. The summed E-state index contributed by atoms with van der Waals surface area (Å²) in [6, 6.07) is 10.7. The van der Waals surface area contributed by atoms with Crippen molar-refractivity contribution in [3.8, 4) is 0 Å². The normalized spacial score (nSPS) is 13.0. The van der Waals surface area contributed by atoms with Crippen LogP contribution < -0.4 is 11.1 Å². The van der Waals surface area contributed by atoms with Gasteiger partial charge < -0.3 is 11.1 Å². The Morgan fingerprint density at radius 3 is 2.52 bits per heavy atom. The maximum absolute atomic E-state index is 12.6. The van der Waals surface area contributed by atoms with Crippen molar-refractivity contribution < 1.29 is 13.2 Å². The smallest absolute Gasteiger partial charge is 0.396 e. The maximum atomic E-state index is 12.6. The molecular formula is C15H16F3N3. The number of alkyl halides is 3. The van der Waals surface area contributed by atoms with Crippen molar-refractivity contribution in [1.82, 2.24) is 4.98 Å². The van der Waals surface area contributed by atoms with Crippen LogP contribution in [0, 0.1) is 0 Å². The Labute approximate surface area is 121 Å². The molecule has 3 N–H and O–H groups in total. The van der Waals surface area contributed by atoms with Gasteiger partial charge in [-0.3, -0.25) is 0 Å². The topological polar surface area (TPSA) is 50.9 Å². The van der Waals surface area contributed by atoms with Gasteiger partial charge in [0.15, 0.2) is 0 Å². The highest BCUT2D eigenvalue weighted by Gasteiger charge is 2.32. The van der Waals surface area contributed by atoms with Crippen molar-refractivity contribution in [1.29, 1.82) is 0 Å². The molecule has 2 rings (SSSR count). The van der Waals surface area contributed by atoms with E-state index < -0.39 is 11.9 Å². The largest absolute Gasteiger partial charge is 0.433 e. The van der Waals surface area contributed by atoms with Gasteiger partial charge in [-0.25, -0.2) is 4.98 Å². The number of benzene rings is 1. The summed E-state index contributed by atoms with van der Waals surface area (Å²) in [5.41, 5.74) is 6.27. The molecule has 0 aliphatic heterocycles. The molecule has 112 valence electrons. The molecule has 0 aliphatic rings. The molecule has 1 heterocycles. The van der Waals surface area contributed by atoms with Gasteiger partial charge in [0.2, 0.25) is 0 Å². The van der Waals surface area contributed by atoms with Crippen LogP contribution in [0.25, 0.3) is 0 Å². The van der Waals surface area contributed by atoms with E-state index in [1.165, 1.54) is 0 Å². The number of aromatic nitrogens is 1. The Morgan fingerprint density at radius 1 is 1.24 bits per heavy atom. The van der Waals surface area contributed by atoms with Crippen molar-refractivity contribution in [2.75, 3.05) is 17.6 Å². The van der Waals surface area contributed by atoms with E-state index in [1.807, 2.05) is 37.3 Å². The molecule has 0 radical (unpaired) electrons. The van der Waals surface area contributed by atoms with Crippen LogP contribution in [0.15, 0.2) is 42.6 Å². The summed E-state index contributed by atoms with van der Waals surface area (Å²) in [5.74, 6) is 0.146. The fourth-order valence-corrected chi connectivity index (χ4v) is 1.94. The number of anilines is 2. The van der Waals surface area contributed by atoms with E-state index in [0.29, 0.717) is 6.54 Å². The van der Waals surface area contributed by atoms with E-state index in [1.54, 1.807) is 0 Å². The molecule has 1 unspecified atom stereocenters. The molecule has 0 saturated carbocycles. The third-order valence-corrected chi connectivity index (χ3v) is 3.19. The number of hydrogen-bond acceptors (Lipinski definition) is 3. The lowest BCUT2D eigenvalue weighted by atomic mass is 10.0. The molecule has 1 aromatic heterocycles. The Morgan fingerprint density at radius 2 is 1.90 bits per heavy atom. The minimum Gasteiger partial charge on any atom is -0.396 e. The first-order chi connectivity index (χ1) is 9.88. The van der Waals surface area contributed by atoms with Gasteiger partial charge in [-0.15, -0.1) is 0 Å². The molecule has 3 nitrogen and oxygen atoms in total. The van der Waals surface area contributed by atoms with Gasteiger partial charge in [-0.2, -0.15) is 13.2 Å². The summed E-state index contributed by atoms with van der Waals surface area (Å²) < 4.78 is 37.9. The monoisotopic (exact) mass is 295 g/mol. The van der Waals surface area contributed by atoms with E-state index in [-0.39, 0.29) is 17.3 Å². The highest BCUT2D eigenvalue weighted by molar-refractivity contribution is 5.65. The zero-order chi connectivity index (χ0) is 15.5. The third-order valence-electron chi connectivity index (χ3n) is 3.19. The molecule has 0 aliphatic carbocycles. The van der Waals surface area contributed by atoms with Crippen LogP contribution in [0.2, 0.25) is 0 Å². The van der Waals surface area contributed by atoms with Crippen LogP contribution in [-0.2, 0) is 6.18 Å². The third kappa shape index (κ3) is 3.87. The molecule has 2 aromatic rings. The molecule has 0 spiro atoms. The first-order valence-electron chi connectivity index (χ1n) is 6.49. The van der Waals surface area contributed by atoms with E-state index in [2.05, 4.69) is 10.3 Å². The minimum atomic E-state index is -4.48. The molecule has 0 amide bonds. The number of halogens is 3. The van der Waals surface area contributed by atoms with Crippen molar-refractivity contribution in [2.24, 2.45) is 0 Å². The summed E-state index contributed by atoms with van der Waals surface area (Å²) in [6.07, 6.45) is -3.45. The standard InChI is InChI=1S/C15H16F3N3/c1-10(11-5-3-2-4-6-11)8-20-13-7-14(15(16,17)18)21-9-12(13)19/h2-7,9-10H,8,19H2,1H3,(H,20,21). The zero-order valence-corrected chi connectivity index (χ0v) is 11.5. The average Bonchev–Trinajstić information content (AvgIpc) is 2.45. The van der Waals surface area contributed by atoms with Crippen LogP contribution >= 0.6 is 0 Å². The van der Waals surface area contributed by atoms with Gasteiger partial charge >= 0.3 is 6.18 Å².